The summed E-state index contributed by atoms with van der Waals surface area (Å²) in [5.41, 5.74) is 0.0423. The molecule has 6 heteroatoms. The lowest BCUT2D eigenvalue weighted by molar-refractivity contribution is 0.0949. The Bertz CT molecular complexity index is 565. The summed E-state index contributed by atoms with van der Waals surface area (Å²) < 4.78 is 13.5. The van der Waals surface area contributed by atoms with Gasteiger partial charge in [0, 0.05) is 25.7 Å². The molecular formula is C18H26FN3O2. The molecule has 0 bridgehead atoms. The number of hydrogen-bond acceptors (Lipinski definition) is 2. The van der Waals surface area contributed by atoms with Crippen LogP contribution in [0.3, 0.4) is 0 Å². The first-order chi connectivity index (χ1) is 11.6. The van der Waals surface area contributed by atoms with Gasteiger partial charge in [-0.1, -0.05) is 19.1 Å². The van der Waals surface area contributed by atoms with Gasteiger partial charge in [-0.2, -0.15) is 0 Å². The van der Waals surface area contributed by atoms with Gasteiger partial charge in [0.1, 0.15) is 5.82 Å². The van der Waals surface area contributed by atoms with Crippen molar-refractivity contribution in [3.05, 3.63) is 35.6 Å². The molecule has 1 aromatic rings. The lowest BCUT2D eigenvalue weighted by Crippen LogP contribution is -2.48. The van der Waals surface area contributed by atoms with E-state index in [4.69, 9.17) is 0 Å². The minimum Gasteiger partial charge on any atom is -0.352 e. The van der Waals surface area contributed by atoms with Crippen molar-refractivity contribution < 1.29 is 14.0 Å². The lowest BCUT2D eigenvalue weighted by Gasteiger charge is -2.35. The smallest absolute Gasteiger partial charge is 0.317 e. The molecule has 1 saturated heterocycles. The number of urea groups is 1. The van der Waals surface area contributed by atoms with Crippen LogP contribution in [0, 0.1) is 5.82 Å². The van der Waals surface area contributed by atoms with E-state index >= 15 is 0 Å². The predicted molar refractivity (Wildman–Crippen MR) is 91.4 cm³/mol. The Hall–Kier alpha value is -2.11. The number of hydrogen-bond donors (Lipinski definition) is 2. The van der Waals surface area contributed by atoms with Gasteiger partial charge in [-0.25, -0.2) is 9.18 Å². The van der Waals surface area contributed by atoms with E-state index in [0.717, 1.165) is 25.8 Å². The summed E-state index contributed by atoms with van der Waals surface area (Å²) in [4.78, 5) is 26.0. The minimum atomic E-state index is -0.529. The maximum atomic E-state index is 13.5. The summed E-state index contributed by atoms with van der Waals surface area (Å²) in [6.45, 7) is 3.80. The van der Waals surface area contributed by atoms with Gasteiger partial charge in [0.2, 0.25) is 0 Å². The normalized spacial score (nSPS) is 17.4. The van der Waals surface area contributed by atoms with Gasteiger partial charge in [0.05, 0.1) is 5.56 Å². The van der Waals surface area contributed by atoms with E-state index in [2.05, 4.69) is 17.6 Å². The maximum absolute atomic E-state index is 13.5. The van der Waals surface area contributed by atoms with Gasteiger partial charge in [-0.05, 0) is 44.2 Å². The Balaban J connectivity index is 1.67. The van der Waals surface area contributed by atoms with Gasteiger partial charge in [0.25, 0.3) is 5.91 Å². The fraction of sp³-hybridized carbons (Fsp3) is 0.556. The summed E-state index contributed by atoms with van der Waals surface area (Å²) in [5.74, 6) is -0.958. The van der Waals surface area contributed by atoms with Crippen molar-refractivity contribution in [3.63, 3.8) is 0 Å². The second kappa shape index (κ2) is 9.25. The van der Waals surface area contributed by atoms with Crippen LogP contribution in [-0.2, 0) is 0 Å². The largest absolute Gasteiger partial charge is 0.352 e. The van der Waals surface area contributed by atoms with E-state index in [1.807, 2.05) is 4.90 Å². The zero-order valence-electron chi connectivity index (χ0n) is 14.2. The van der Waals surface area contributed by atoms with E-state index in [-0.39, 0.29) is 11.6 Å². The van der Waals surface area contributed by atoms with Crippen molar-refractivity contribution in [2.75, 3.05) is 19.6 Å². The number of halogens is 1. The predicted octanol–water partition coefficient (Wildman–Crippen LogP) is 2.92. The highest BCUT2D eigenvalue weighted by molar-refractivity contribution is 5.94. The molecule has 132 valence electrons. The number of carbonyl (C=O) groups excluding carboxylic acids is 2. The van der Waals surface area contributed by atoms with E-state index < -0.39 is 11.7 Å². The SMILES string of the molecule is CCC1CCCCN1C(=O)NCCCNC(=O)c1ccccc1F. The Kier molecular flexibility index (Phi) is 7.03. The molecule has 1 aliphatic heterocycles. The van der Waals surface area contributed by atoms with Crippen molar-refractivity contribution in [1.29, 1.82) is 0 Å². The molecule has 0 aromatic heterocycles. The molecule has 2 rings (SSSR count). The maximum Gasteiger partial charge on any atom is 0.317 e. The van der Waals surface area contributed by atoms with Crippen molar-refractivity contribution in [2.24, 2.45) is 0 Å². The highest BCUT2D eigenvalue weighted by atomic mass is 19.1. The third kappa shape index (κ3) is 4.94. The van der Waals surface area contributed by atoms with Crippen LogP contribution in [0.1, 0.15) is 49.4 Å². The quantitative estimate of drug-likeness (QED) is 0.785. The van der Waals surface area contributed by atoms with Gasteiger partial charge in [-0.15, -0.1) is 0 Å². The zero-order chi connectivity index (χ0) is 17.4. The van der Waals surface area contributed by atoms with Gasteiger partial charge >= 0.3 is 6.03 Å². The molecule has 0 saturated carbocycles. The number of benzene rings is 1. The molecule has 0 spiro atoms. The second-order valence-corrected chi connectivity index (χ2v) is 6.07. The van der Waals surface area contributed by atoms with Gasteiger partial charge < -0.3 is 15.5 Å². The Morgan fingerprint density at radius 2 is 1.96 bits per heavy atom. The van der Waals surface area contributed by atoms with E-state index in [0.29, 0.717) is 25.6 Å². The summed E-state index contributed by atoms with van der Waals surface area (Å²) in [6, 6.07) is 6.19. The molecule has 1 aromatic carbocycles. The third-order valence-electron chi connectivity index (χ3n) is 4.39. The summed E-state index contributed by atoms with van der Waals surface area (Å²) in [7, 11) is 0. The van der Waals surface area contributed by atoms with Crippen LogP contribution in [0.15, 0.2) is 24.3 Å². The molecular weight excluding hydrogens is 309 g/mol. The number of likely N-dealkylation sites (tertiary alicyclic amines) is 1. The first-order valence-electron chi connectivity index (χ1n) is 8.70. The Morgan fingerprint density at radius 1 is 1.21 bits per heavy atom. The van der Waals surface area contributed by atoms with Crippen LogP contribution in [0.5, 0.6) is 0 Å². The van der Waals surface area contributed by atoms with Crippen molar-refractivity contribution in [2.45, 2.75) is 45.1 Å². The van der Waals surface area contributed by atoms with Crippen LogP contribution in [0.25, 0.3) is 0 Å². The molecule has 0 aliphatic carbocycles. The first kappa shape index (κ1) is 18.2. The summed E-state index contributed by atoms with van der Waals surface area (Å²) in [6.07, 6.45) is 4.90. The van der Waals surface area contributed by atoms with Crippen LogP contribution < -0.4 is 10.6 Å². The number of carbonyl (C=O) groups is 2. The molecule has 0 radical (unpaired) electrons. The number of piperidine rings is 1. The minimum absolute atomic E-state index is 0.0259. The van der Waals surface area contributed by atoms with Gasteiger partial charge in [-0.3, -0.25) is 4.79 Å². The van der Waals surface area contributed by atoms with Crippen molar-refractivity contribution >= 4 is 11.9 Å². The van der Waals surface area contributed by atoms with Crippen LogP contribution in [0.2, 0.25) is 0 Å². The fourth-order valence-corrected chi connectivity index (χ4v) is 3.02. The van der Waals surface area contributed by atoms with Crippen LogP contribution in [-0.4, -0.2) is 42.5 Å². The second-order valence-electron chi connectivity index (χ2n) is 6.07. The number of nitrogens with zero attached hydrogens (tertiary/aromatic N) is 1. The third-order valence-corrected chi connectivity index (χ3v) is 4.39. The molecule has 1 fully saturated rings. The molecule has 2 N–H and O–H groups in total. The number of amides is 3. The molecule has 3 amide bonds. The lowest BCUT2D eigenvalue weighted by atomic mass is 10.0. The highest BCUT2D eigenvalue weighted by Gasteiger charge is 2.24. The standard InChI is InChI=1S/C18H26FN3O2/c1-2-14-8-5-6-13-22(14)18(24)21-12-7-11-20-17(23)15-9-3-4-10-16(15)19/h3-4,9-10,14H,2,5-8,11-13H2,1H3,(H,20,23)(H,21,24). The van der Waals surface area contributed by atoms with Crippen molar-refractivity contribution in [3.8, 4) is 0 Å². The van der Waals surface area contributed by atoms with Crippen LogP contribution in [0.4, 0.5) is 9.18 Å². The fourth-order valence-electron chi connectivity index (χ4n) is 3.02. The van der Waals surface area contributed by atoms with E-state index in [9.17, 15) is 14.0 Å². The topological polar surface area (TPSA) is 61.4 Å². The monoisotopic (exact) mass is 335 g/mol. The van der Waals surface area contributed by atoms with Crippen molar-refractivity contribution in [1.82, 2.24) is 15.5 Å². The zero-order valence-corrected chi connectivity index (χ0v) is 14.2. The van der Waals surface area contributed by atoms with E-state index in [1.165, 1.54) is 18.6 Å². The Labute approximate surface area is 142 Å². The summed E-state index contributed by atoms with van der Waals surface area (Å²) in [5, 5.41) is 5.57. The van der Waals surface area contributed by atoms with Gasteiger partial charge in [0.15, 0.2) is 0 Å². The molecule has 5 nitrogen and oxygen atoms in total. The number of rotatable bonds is 6. The average Bonchev–Trinajstić information content (AvgIpc) is 2.61. The first-order valence-corrected chi connectivity index (χ1v) is 8.70. The molecule has 24 heavy (non-hydrogen) atoms. The highest BCUT2D eigenvalue weighted by Crippen LogP contribution is 2.19. The molecule has 1 atom stereocenters. The number of nitrogens with one attached hydrogen (secondary N) is 2. The molecule has 1 heterocycles. The summed E-state index contributed by atoms with van der Waals surface area (Å²) >= 11 is 0. The Morgan fingerprint density at radius 3 is 2.71 bits per heavy atom. The van der Waals surface area contributed by atoms with E-state index in [1.54, 1.807) is 12.1 Å². The van der Waals surface area contributed by atoms with Crippen LogP contribution >= 0.6 is 0 Å². The average molecular weight is 335 g/mol. The molecule has 1 aliphatic rings. The molecule has 1 unspecified atom stereocenters.